The lowest BCUT2D eigenvalue weighted by atomic mass is 10.0. The second-order valence-corrected chi connectivity index (χ2v) is 4.64. The van der Waals surface area contributed by atoms with E-state index in [9.17, 15) is 4.39 Å². The first kappa shape index (κ1) is 10.4. The van der Waals surface area contributed by atoms with Crippen LogP contribution in [0.15, 0.2) is 16.6 Å². The van der Waals surface area contributed by atoms with Crippen molar-refractivity contribution in [2.45, 2.75) is 18.9 Å². The average Bonchev–Trinajstić information content (AvgIpc) is 2.65. The normalized spacial score (nSPS) is 21.5. The van der Waals surface area contributed by atoms with Crippen LogP contribution in [-0.2, 0) is 0 Å². The topological polar surface area (TPSA) is 12.0 Å². The van der Waals surface area contributed by atoms with Gasteiger partial charge in [0.1, 0.15) is 5.82 Å². The molecule has 1 aromatic rings. The maximum Gasteiger partial charge on any atom is 0.129 e. The standard InChI is InChI=1S/C10H10BrClFN/c11-6-3-4-7(13)9(10(6)12)8-2-1-5-14-8/h3-4,8,14H,1-2,5H2. The Balaban J connectivity index is 2.44. The molecule has 1 heterocycles. The maximum absolute atomic E-state index is 13.5. The third kappa shape index (κ3) is 1.81. The molecule has 0 saturated carbocycles. The monoisotopic (exact) mass is 277 g/mol. The Kier molecular flexibility index (Phi) is 3.10. The van der Waals surface area contributed by atoms with Gasteiger partial charge in [0.15, 0.2) is 0 Å². The Hall–Kier alpha value is -0.120. The van der Waals surface area contributed by atoms with Gasteiger partial charge in [0, 0.05) is 16.1 Å². The summed E-state index contributed by atoms with van der Waals surface area (Å²) in [5, 5.41) is 3.73. The van der Waals surface area contributed by atoms with Crippen LogP contribution >= 0.6 is 27.5 Å². The van der Waals surface area contributed by atoms with Crippen molar-refractivity contribution in [2.75, 3.05) is 6.54 Å². The summed E-state index contributed by atoms with van der Waals surface area (Å²) in [5.41, 5.74) is 0.596. The first-order chi connectivity index (χ1) is 6.70. The third-order valence-corrected chi connectivity index (χ3v) is 3.78. The van der Waals surface area contributed by atoms with E-state index in [1.807, 2.05) is 0 Å². The minimum absolute atomic E-state index is 0.0694. The van der Waals surface area contributed by atoms with Gasteiger partial charge in [0.25, 0.3) is 0 Å². The Bertz CT molecular complexity index is 350. The SMILES string of the molecule is Fc1ccc(Br)c(Cl)c1C1CCCN1. The van der Waals surface area contributed by atoms with Crippen LogP contribution < -0.4 is 5.32 Å². The second-order valence-electron chi connectivity index (χ2n) is 3.41. The van der Waals surface area contributed by atoms with Gasteiger partial charge in [-0.25, -0.2) is 4.39 Å². The van der Waals surface area contributed by atoms with E-state index in [0.29, 0.717) is 10.6 Å². The van der Waals surface area contributed by atoms with Crippen LogP contribution in [0.2, 0.25) is 5.02 Å². The number of nitrogens with one attached hydrogen (secondary N) is 1. The van der Waals surface area contributed by atoms with Gasteiger partial charge in [0.05, 0.1) is 5.02 Å². The lowest BCUT2D eigenvalue weighted by molar-refractivity contribution is 0.558. The molecule has 0 aromatic heterocycles. The highest BCUT2D eigenvalue weighted by molar-refractivity contribution is 9.10. The second kappa shape index (κ2) is 4.17. The fourth-order valence-electron chi connectivity index (χ4n) is 1.79. The van der Waals surface area contributed by atoms with Gasteiger partial charge in [-0.05, 0) is 47.4 Å². The molecule has 1 unspecified atom stereocenters. The average molecular weight is 279 g/mol. The molecule has 1 aromatic carbocycles. The number of halogens is 3. The highest BCUT2D eigenvalue weighted by Crippen LogP contribution is 2.35. The highest BCUT2D eigenvalue weighted by atomic mass is 79.9. The molecule has 4 heteroatoms. The minimum atomic E-state index is -0.224. The first-order valence-corrected chi connectivity index (χ1v) is 5.74. The van der Waals surface area contributed by atoms with Gasteiger partial charge in [-0.3, -0.25) is 0 Å². The van der Waals surface area contributed by atoms with E-state index >= 15 is 0 Å². The van der Waals surface area contributed by atoms with E-state index in [2.05, 4.69) is 21.2 Å². The van der Waals surface area contributed by atoms with Gasteiger partial charge in [0.2, 0.25) is 0 Å². The molecule has 0 spiro atoms. The predicted molar refractivity (Wildman–Crippen MR) is 59.1 cm³/mol. The van der Waals surface area contributed by atoms with Gasteiger partial charge in [-0.15, -0.1) is 0 Å². The molecule has 1 atom stereocenters. The minimum Gasteiger partial charge on any atom is -0.310 e. The fourth-order valence-corrected chi connectivity index (χ4v) is 2.42. The van der Waals surface area contributed by atoms with E-state index in [1.54, 1.807) is 6.07 Å². The number of hydrogen-bond acceptors (Lipinski definition) is 1. The molecule has 0 aliphatic carbocycles. The predicted octanol–water partition coefficient (Wildman–Crippen LogP) is 3.67. The molecular weight excluding hydrogens is 268 g/mol. The highest BCUT2D eigenvalue weighted by Gasteiger charge is 2.23. The summed E-state index contributed by atoms with van der Waals surface area (Å²) in [6.45, 7) is 0.937. The molecule has 0 radical (unpaired) electrons. The van der Waals surface area contributed by atoms with Crippen LogP contribution in [0.4, 0.5) is 4.39 Å². The summed E-state index contributed by atoms with van der Waals surface area (Å²) in [6.07, 6.45) is 2.03. The lowest BCUT2D eigenvalue weighted by Crippen LogP contribution is -2.14. The van der Waals surface area contributed by atoms with Crippen LogP contribution in [-0.4, -0.2) is 6.54 Å². The van der Waals surface area contributed by atoms with Crippen molar-refractivity contribution in [1.29, 1.82) is 0 Å². The van der Waals surface area contributed by atoms with Gasteiger partial charge in [-0.1, -0.05) is 11.6 Å². The fraction of sp³-hybridized carbons (Fsp3) is 0.400. The number of rotatable bonds is 1. The van der Waals surface area contributed by atoms with Gasteiger partial charge in [-0.2, -0.15) is 0 Å². The van der Waals surface area contributed by atoms with Crippen molar-refractivity contribution < 1.29 is 4.39 Å². The zero-order chi connectivity index (χ0) is 10.1. The molecule has 76 valence electrons. The van der Waals surface area contributed by atoms with Gasteiger partial charge < -0.3 is 5.32 Å². The molecule has 1 saturated heterocycles. The van der Waals surface area contributed by atoms with Crippen LogP contribution in [0, 0.1) is 5.82 Å². The van der Waals surface area contributed by atoms with Crippen molar-refractivity contribution >= 4 is 27.5 Å². The molecule has 1 aliphatic heterocycles. The molecule has 0 bridgehead atoms. The Morgan fingerprint density at radius 1 is 1.50 bits per heavy atom. The van der Waals surface area contributed by atoms with Crippen molar-refractivity contribution in [1.82, 2.24) is 5.32 Å². The molecule has 2 rings (SSSR count). The summed E-state index contributed by atoms with van der Waals surface area (Å²) in [6, 6.07) is 3.15. The molecule has 1 fully saturated rings. The largest absolute Gasteiger partial charge is 0.310 e. The zero-order valence-corrected chi connectivity index (χ0v) is 9.83. The molecular formula is C10H10BrClFN. The van der Waals surface area contributed by atoms with Crippen molar-refractivity contribution in [3.8, 4) is 0 Å². The first-order valence-electron chi connectivity index (χ1n) is 4.57. The van der Waals surface area contributed by atoms with Crippen molar-refractivity contribution in [3.63, 3.8) is 0 Å². The van der Waals surface area contributed by atoms with Gasteiger partial charge >= 0.3 is 0 Å². The van der Waals surface area contributed by atoms with Crippen LogP contribution in [0.1, 0.15) is 24.4 Å². The van der Waals surface area contributed by atoms with E-state index in [0.717, 1.165) is 23.9 Å². The lowest BCUT2D eigenvalue weighted by Gasteiger charge is -2.14. The van der Waals surface area contributed by atoms with Crippen LogP contribution in [0.25, 0.3) is 0 Å². The third-order valence-electron chi connectivity index (χ3n) is 2.49. The Labute approximate surface area is 95.8 Å². The van der Waals surface area contributed by atoms with E-state index in [1.165, 1.54) is 6.07 Å². The summed E-state index contributed by atoms with van der Waals surface area (Å²) >= 11 is 9.35. The maximum atomic E-state index is 13.5. The molecule has 1 aliphatic rings. The van der Waals surface area contributed by atoms with Crippen LogP contribution in [0.3, 0.4) is 0 Å². The van der Waals surface area contributed by atoms with Crippen molar-refractivity contribution in [2.24, 2.45) is 0 Å². The van der Waals surface area contributed by atoms with E-state index in [-0.39, 0.29) is 11.9 Å². The Morgan fingerprint density at radius 2 is 2.29 bits per heavy atom. The summed E-state index contributed by atoms with van der Waals surface area (Å²) in [7, 11) is 0. The summed E-state index contributed by atoms with van der Waals surface area (Å²) in [5.74, 6) is -0.224. The molecule has 0 amide bonds. The zero-order valence-electron chi connectivity index (χ0n) is 7.49. The molecule has 14 heavy (non-hydrogen) atoms. The van der Waals surface area contributed by atoms with Crippen molar-refractivity contribution in [3.05, 3.63) is 33.0 Å². The van der Waals surface area contributed by atoms with E-state index in [4.69, 9.17) is 11.6 Å². The number of benzene rings is 1. The summed E-state index contributed by atoms with van der Waals surface area (Å²) in [4.78, 5) is 0. The van der Waals surface area contributed by atoms with Crippen LogP contribution in [0.5, 0.6) is 0 Å². The molecule has 1 nitrogen and oxygen atoms in total. The Morgan fingerprint density at radius 3 is 2.93 bits per heavy atom. The quantitative estimate of drug-likeness (QED) is 0.773. The number of hydrogen-bond donors (Lipinski definition) is 1. The van der Waals surface area contributed by atoms with E-state index < -0.39 is 0 Å². The molecule has 1 N–H and O–H groups in total. The smallest absolute Gasteiger partial charge is 0.129 e. The summed E-state index contributed by atoms with van der Waals surface area (Å²) < 4.78 is 14.3.